The second-order valence-electron chi connectivity index (χ2n) is 5.23. The SMILES string of the molecule is CN(C(N)=O)c1ccc(F)c(Oc2cn[nH]c2-c2ccc(F)cc2)c1. The molecule has 0 atom stereocenters. The molecule has 0 saturated carbocycles. The van der Waals surface area contributed by atoms with Crippen molar-refractivity contribution in [3.05, 3.63) is 60.3 Å². The van der Waals surface area contributed by atoms with Gasteiger partial charge in [-0.1, -0.05) is 0 Å². The lowest BCUT2D eigenvalue weighted by Crippen LogP contribution is -2.31. The highest BCUT2D eigenvalue weighted by atomic mass is 19.1. The van der Waals surface area contributed by atoms with Gasteiger partial charge in [0, 0.05) is 24.4 Å². The first kappa shape index (κ1) is 16.4. The van der Waals surface area contributed by atoms with E-state index >= 15 is 0 Å². The molecule has 0 radical (unpaired) electrons. The van der Waals surface area contributed by atoms with Crippen molar-refractivity contribution in [2.75, 3.05) is 11.9 Å². The van der Waals surface area contributed by atoms with Crippen LogP contribution in [0.3, 0.4) is 0 Å². The van der Waals surface area contributed by atoms with E-state index in [-0.39, 0.29) is 17.3 Å². The van der Waals surface area contributed by atoms with E-state index in [4.69, 9.17) is 10.5 Å². The number of amides is 2. The number of halogens is 2. The van der Waals surface area contributed by atoms with Gasteiger partial charge in [0.05, 0.1) is 6.20 Å². The van der Waals surface area contributed by atoms with Gasteiger partial charge in [0.15, 0.2) is 17.3 Å². The number of nitrogens with zero attached hydrogens (tertiary/aromatic N) is 2. The van der Waals surface area contributed by atoms with E-state index < -0.39 is 11.8 Å². The first-order valence-corrected chi connectivity index (χ1v) is 7.25. The van der Waals surface area contributed by atoms with Crippen LogP contribution in [0.1, 0.15) is 0 Å². The van der Waals surface area contributed by atoms with Gasteiger partial charge >= 0.3 is 6.03 Å². The number of primary amides is 1. The van der Waals surface area contributed by atoms with Crippen LogP contribution < -0.4 is 15.4 Å². The van der Waals surface area contributed by atoms with Gasteiger partial charge in [-0.05, 0) is 36.4 Å². The number of nitrogens with one attached hydrogen (secondary N) is 1. The Morgan fingerprint density at radius 3 is 2.56 bits per heavy atom. The number of nitrogens with two attached hydrogens (primary N) is 1. The third-order valence-electron chi connectivity index (χ3n) is 3.59. The van der Waals surface area contributed by atoms with E-state index in [0.717, 1.165) is 4.90 Å². The largest absolute Gasteiger partial charge is 0.450 e. The zero-order valence-corrected chi connectivity index (χ0v) is 13.2. The number of hydrogen-bond acceptors (Lipinski definition) is 3. The summed E-state index contributed by atoms with van der Waals surface area (Å²) in [4.78, 5) is 12.4. The van der Waals surface area contributed by atoms with Crippen LogP contribution in [0.25, 0.3) is 11.3 Å². The van der Waals surface area contributed by atoms with E-state index in [1.54, 1.807) is 12.1 Å². The Balaban J connectivity index is 1.93. The van der Waals surface area contributed by atoms with Crippen LogP contribution in [0.5, 0.6) is 11.5 Å². The normalized spacial score (nSPS) is 10.5. The summed E-state index contributed by atoms with van der Waals surface area (Å²) in [7, 11) is 1.46. The van der Waals surface area contributed by atoms with Gasteiger partial charge in [0.2, 0.25) is 0 Å². The van der Waals surface area contributed by atoms with Crippen molar-refractivity contribution in [3.8, 4) is 22.8 Å². The summed E-state index contributed by atoms with van der Waals surface area (Å²) in [5.74, 6) is -0.841. The third kappa shape index (κ3) is 3.42. The molecule has 0 bridgehead atoms. The maximum absolute atomic E-state index is 14.1. The fourth-order valence-electron chi connectivity index (χ4n) is 2.20. The lowest BCUT2D eigenvalue weighted by atomic mass is 10.1. The molecule has 0 fully saturated rings. The molecule has 2 amide bonds. The van der Waals surface area contributed by atoms with Crippen LogP contribution >= 0.6 is 0 Å². The molecule has 0 unspecified atom stereocenters. The van der Waals surface area contributed by atoms with Gasteiger partial charge in [-0.3, -0.25) is 10.00 Å². The minimum absolute atomic E-state index is 0.102. The van der Waals surface area contributed by atoms with Gasteiger partial charge in [-0.25, -0.2) is 13.6 Å². The van der Waals surface area contributed by atoms with E-state index in [0.29, 0.717) is 16.9 Å². The molecule has 6 nitrogen and oxygen atoms in total. The number of hydrogen-bond donors (Lipinski definition) is 2. The van der Waals surface area contributed by atoms with Crippen molar-refractivity contribution in [2.45, 2.75) is 0 Å². The molecular formula is C17H14F2N4O2. The summed E-state index contributed by atoms with van der Waals surface area (Å²) >= 11 is 0. The van der Waals surface area contributed by atoms with Crippen LogP contribution in [0.15, 0.2) is 48.7 Å². The molecule has 1 aromatic heterocycles. The van der Waals surface area contributed by atoms with E-state index in [9.17, 15) is 13.6 Å². The first-order valence-electron chi connectivity index (χ1n) is 7.25. The molecule has 0 aliphatic carbocycles. The van der Waals surface area contributed by atoms with Gasteiger partial charge in [0.1, 0.15) is 11.5 Å². The number of urea groups is 1. The number of aromatic amines is 1. The zero-order chi connectivity index (χ0) is 18.0. The maximum Gasteiger partial charge on any atom is 0.318 e. The molecule has 8 heteroatoms. The van der Waals surface area contributed by atoms with Crippen LogP contribution in [0.2, 0.25) is 0 Å². The highest BCUT2D eigenvalue weighted by molar-refractivity contribution is 5.90. The van der Waals surface area contributed by atoms with E-state index in [1.165, 1.54) is 43.6 Å². The summed E-state index contributed by atoms with van der Waals surface area (Å²) in [6.45, 7) is 0. The van der Waals surface area contributed by atoms with Crippen molar-refractivity contribution in [1.29, 1.82) is 0 Å². The van der Waals surface area contributed by atoms with Gasteiger partial charge in [-0.15, -0.1) is 0 Å². The number of carbonyl (C=O) groups excluding carboxylic acids is 1. The number of H-pyrrole nitrogens is 1. The topological polar surface area (TPSA) is 84.2 Å². The van der Waals surface area contributed by atoms with E-state index in [1.807, 2.05) is 0 Å². The number of carbonyl (C=O) groups is 1. The Hall–Kier alpha value is -3.42. The fourth-order valence-corrected chi connectivity index (χ4v) is 2.20. The van der Waals surface area contributed by atoms with Gasteiger partial charge in [-0.2, -0.15) is 5.10 Å². The number of rotatable bonds is 4. The van der Waals surface area contributed by atoms with Crippen LogP contribution in [0, 0.1) is 11.6 Å². The van der Waals surface area contributed by atoms with Crippen molar-refractivity contribution in [2.24, 2.45) is 5.73 Å². The van der Waals surface area contributed by atoms with Crippen molar-refractivity contribution < 1.29 is 18.3 Å². The standard InChI is InChI=1S/C17H14F2N4O2/c1-23(17(20)24)12-6-7-13(19)14(8-12)25-15-9-21-22-16(15)10-2-4-11(18)5-3-10/h2-9H,1H3,(H2,20,24)(H,21,22). The summed E-state index contributed by atoms with van der Waals surface area (Å²) in [5.41, 5.74) is 6.67. The second-order valence-corrected chi connectivity index (χ2v) is 5.23. The first-order chi connectivity index (χ1) is 12.0. The molecule has 2 aromatic carbocycles. The second kappa shape index (κ2) is 6.60. The van der Waals surface area contributed by atoms with Crippen molar-refractivity contribution in [1.82, 2.24) is 10.2 Å². The van der Waals surface area contributed by atoms with Crippen LogP contribution in [-0.4, -0.2) is 23.3 Å². The highest BCUT2D eigenvalue weighted by Crippen LogP contribution is 2.34. The molecule has 3 N–H and O–H groups in total. The molecule has 0 saturated heterocycles. The van der Waals surface area contributed by atoms with Gasteiger partial charge < -0.3 is 10.5 Å². The molecule has 128 valence electrons. The predicted molar refractivity (Wildman–Crippen MR) is 88.4 cm³/mol. The molecule has 1 heterocycles. The number of aromatic nitrogens is 2. The van der Waals surface area contributed by atoms with Crippen molar-refractivity contribution in [3.63, 3.8) is 0 Å². The Bertz CT molecular complexity index is 909. The van der Waals surface area contributed by atoms with Crippen LogP contribution in [-0.2, 0) is 0 Å². The van der Waals surface area contributed by atoms with Crippen molar-refractivity contribution >= 4 is 11.7 Å². The molecule has 0 aliphatic heterocycles. The Morgan fingerprint density at radius 1 is 1.16 bits per heavy atom. The fraction of sp³-hybridized carbons (Fsp3) is 0.0588. The minimum atomic E-state index is -0.687. The average molecular weight is 344 g/mol. The monoisotopic (exact) mass is 344 g/mol. The lowest BCUT2D eigenvalue weighted by Gasteiger charge is -2.16. The minimum Gasteiger partial charge on any atom is -0.450 e. The Kier molecular flexibility index (Phi) is 4.34. The molecular weight excluding hydrogens is 330 g/mol. The van der Waals surface area contributed by atoms with Gasteiger partial charge in [0.25, 0.3) is 0 Å². The summed E-state index contributed by atoms with van der Waals surface area (Å²) < 4.78 is 32.7. The number of anilines is 1. The lowest BCUT2D eigenvalue weighted by molar-refractivity contribution is 0.255. The summed E-state index contributed by atoms with van der Waals surface area (Å²) in [6, 6.07) is 8.92. The van der Waals surface area contributed by atoms with E-state index in [2.05, 4.69) is 10.2 Å². The molecule has 3 rings (SSSR count). The maximum atomic E-state index is 14.1. The predicted octanol–water partition coefficient (Wildman–Crippen LogP) is 3.66. The molecule has 25 heavy (non-hydrogen) atoms. The third-order valence-corrected chi connectivity index (χ3v) is 3.59. The molecule has 0 aliphatic rings. The molecule has 0 spiro atoms. The summed E-state index contributed by atoms with van der Waals surface area (Å²) in [6.07, 6.45) is 1.38. The smallest absolute Gasteiger partial charge is 0.318 e. The molecule has 3 aromatic rings. The highest BCUT2D eigenvalue weighted by Gasteiger charge is 2.15. The Morgan fingerprint density at radius 2 is 1.88 bits per heavy atom. The number of benzene rings is 2. The number of ether oxygens (including phenoxy) is 1. The van der Waals surface area contributed by atoms with Crippen LogP contribution in [0.4, 0.5) is 19.3 Å². The Labute approximate surface area is 141 Å². The summed E-state index contributed by atoms with van der Waals surface area (Å²) in [5, 5.41) is 6.61. The quantitative estimate of drug-likeness (QED) is 0.757. The average Bonchev–Trinajstić information content (AvgIpc) is 3.05. The zero-order valence-electron chi connectivity index (χ0n) is 13.2.